The first kappa shape index (κ1) is 10.5. The van der Waals surface area contributed by atoms with E-state index in [1.165, 1.54) is 5.56 Å². The van der Waals surface area contributed by atoms with Crippen LogP contribution in [0.4, 0.5) is 0 Å². The molecule has 0 aromatic heterocycles. The first-order chi connectivity index (χ1) is 6.83. The SMILES string of the molecule is C/C(C=O)=C\NCCc1ccccc1. The number of carbonyl (C=O) groups is 1. The Labute approximate surface area is 84.6 Å². The molecular formula is C12H15NO. The number of carbonyl (C=O) groups excluding carboxylic acids is 1. The van der Waals surface area contributed by atoms with Crippen LogP contribution in [0.1, 0.15) is 12.5 Å². The molecule has 74 valence electrons. The molecule has 2 heteroatoms. The molecule has 1 aromatic rings. The number of benzene rings is 1. The molecule has 1 aromatic carbocycles. The van der Waals surface area contributed by atoms with Crippen molar-refractivity contribution in [3.63, 3.8) is 0 Å². The molecule has 14 heavy (non-hydrogen) atoms. The van der Waals surface area contributed by atoms with E-state index in [1.54, 1.807) is 13.1 Å². The lowest BCUT2D eigenvalue weighted by molar-refractivity contribution is -0.104. The summed E-state index contributed by atoms with van der Waals surface area (Å²) in [6.45, 7) is 2.64. The van der Waals surface area contributed by atoms with Gasteiger partial charge in [-0.1, -0.05) is 30.3 Å². The Morgan fingerprint density at radius 1 is 1.36 bits per heavy atom. The fourth-order valence-corrected chi connectivity index (χ4v) is 1.13. The van der Waals surface area contributed by atoms with Gasteiger partial charge in [-0.25, -0.2) is 0 Å². The second-order valence-corrected chi connectivity index (χ2v) is 3.20. The maximum atomic E-state index is 10.3. The largest absolute Gasteiger partial charge is 0.390 e. The molecule has 0 bridgehead atoms. The molecule has 0 radical (unpaired) electrons. The third-order valence-electron chi connectivity index (χ3n) is 1.92. The van der Waals surface area contributed by atoms with Crippen LogP contribution in [0.25, 0.3) is 0 Å². The van der Waals surface area contributed by atoms with Crippen molar-refractivity contribution in [2.24, 2.45) is 0 Å². The summed E-state index contributed by atoms with van der Waals surface area (Å²) in [7, 11) is 0. The molecule has 0 fully saturated rings. The van der Waals surface area contributed by atoms with Crippen LogP contribution in [-0.2, 0) is 11.2 Å². The fraction of sp³-hybridized carbons (Fsp3) is 0.250. The van der Waals surface area contributed by atoms with Crippen LogP contribution < -0.4 is 5.32 Å². The molecular weight excluding hydrogens is 174 g/mol. The second kappa shape index (κ2) is 5.97. The molecule has 0 saturated carbocycles. The van der Waals surface area contributed by atoms with Gasteiger partial charge in [0.15, 0.2) is 0 Å². The maximum absolute atomic E-state index is 10.3. The van der Waals surface area contributed by atoms with Crippen molar-refractivity contribution in [2.75, 3.05) is 6.54 Å². The summed E-state index contributed by atoms with van der Waals surface area (Å²) >= 11 is 0. The van der Waals surface area contributed by atoms with Crippen molar-refractivity contribution in [1.82, 2.24) is 5.32 Å². The third kappa shape index (κ3) is 3.90. The second-order valence-electron chi connectivity index (χ2n) is 3.20. The van der Waals surface area contributed by atoms with E-state index in [1.807, 2.05) is 18.2 Å². The van der Waals surface area contributed by atoms with Crippen molar-refractivity contribution < 1.29 is 4.79 Å². The van der Waals surface area contributed by atoms with Crippen molar-refractivity contribution in [1.29, 1.82) is 0 Å². The molecule has 0 saturated heterocycles. The lowest BCUT2D eigenvalue weighted by atomic mass is 10.1. The average Bonchev–Trinajstić information content (AvgIpc) is 2.25. The van der Waals surface area contributed by atoms with Gasteiger partial charge >= 0.3 is 0 Å². The Hall–Kier alpha value is -1.57. The van der Waals surface area contributed by atoms with Crippen molar-refractivity contribution in [3.05, 3.63) is 47.7 Å². The minimum atomic E-state index is 0.720. The van der Waals surface area contributed by atoms with E-state index in [0.29, 0.717) is 0 Å². The molecule has 0 aliphatic heterocycles. The van der Waals surface area contributed by atoms with Gasteiger partial charge in [-0.3, -0.25) is 4.79 Å². The predicted molar refractivity (Wildman–Crippen MR) is 58.0 cm³/mol. The lowest BCUT2D eigenvalue weighted by Gasteiger charge is -2.01. The van der Waals surface area contributed by atoms with E-state index < -0.39 is 0 Å². The summed E-state index contributed by atoms with van der Waals surface area (Å²) in [5.74, 6) is 0. The molecule has 1 rings (SSSR count). The van der Waals surface area contributed by atoms with Crippen LogP contribution in [0, 0.1) is 0 Å². The molecule has 0 spiro atoms. The molecule has 0 unspecified atom stereocenters. The van der Waals surface area contributed by atoms with Crippen LogP contribution in [0.5, 0.6) is 0 Å². The van der Waals surface area contributed by atoms with Crippen molar-refractivity contribution in [3.8, 4) is 0 Å². The Balaban J connectivity index is 2.26. The first-order valence-electron chi connectivity index (χ1n) is 4.72. The van der Waals surface area contributed by atoms with Crippen LogP contribution in [0.2, 0.25) is 0 Å². The minimum absolute atomic E-state index is 0.720. The van der Waals surface area contributed by atoms with Gasteiger partial charge in [-0.15, -0.1) is 0 Å². The zero-order valence-electron chi connectivity index (χ0n) is 8.36. The molecule has 2 nitrogen and oxygen atoms in total. The standard InChI is InChI=1S/C12H15NO/c1-11(10-14)9-13-8-7-12-5-3-2-4-6-12/h2-6,9-10,13H,7-8H2,1H3/b11-9+. The van der Waals surface area contributed by atoms with Gasteiger partial charge in [0.1, 0.15) is 6.29 Å². The molecule has 0 amide bonds. The van der Waals surface area contributed by atoms with Crippen LogP contribution in [-0.4, -0.2) is 12.8 Å². The monoisotopic (exact) mass is 189 g/mol. The number of rotatable bonds is 5. The Bertz CT molecular complexity index is 303. The summed E-state index contributed by atoms with van der Waals surface area (Å²) < 4.78 is 0. The number of hydrogen-bond donors (Lipinski definition) is 1. The van der Waals surface area contributed by atoms with Crippen LogP contribution in [0.15, 0.2) is 42.1 Å². The number of hydrogen-bond acceptors (Lipinski definition) is 2. The number of allylic oxidation sites excluding steroid dienone is 1. The zero-order chi connectivity index (χ0) is 10.2. The maximum Gasteiger partial charge on any atom is 0.147 e. The Kier molecular flexibility index (Phi) is 4.48. The average molecular weight is 189 g/mol. The summed E-state index contributed by atoms with van der Waals surface area (Å²) in [4.78, 5) is 10.3. The highest BCUT2D eigenvalue weighted by Gasteiger charge is 1.89. The highest BCUT2D eigenvalue weighted by molar-refractivity contribution is 5.71. The summed E-state index contributed by atoms with van der Waals surface area (Å²) in [6, 6.07) is 10.3. The van der Waals surface area contributed by atoms with E-state index in [4.69, 9.17) is 0 Å². The molecule has 0 heterocycles. The lowest BCUT2D eigenvalue weighted by Crippen LogP contribution is -2.10. The number of aldehydes is 1. The third-order valence-corrected chi connectivity index (χ3v) is 1.92. The molecule has 0 atom stereocenters. The summed E-state index contributed by atoms with van der Waals surface area (Å²) in [5.41, 5.74) is 2.02. The van der Waals surface area contributed by atoms with Gasteiger partial charge < -0.3 is 5.32 Å². The number of nitrogens with one attached hydrogen (secondary N) is 1. The van der Waals surface area contributed by atoms with Crippen molar-refractivity contribution >= 4 is 6.29 Å². The van der Waals surface area contributed by atoms with E-state index in [0.717, 1.165) is 24.8 Å². The fourth-order valence-electron chi connectivity index (χ4n) is 1.13. The molecule has 0 aliphatic rings. The van der Waals surface area contributed by atoms with Gasteiger partial charge in [0.2, 0.25) is 0 Å². The van der Waals surface area contributed by atoms with Crippen LogP contribution >= 0.6 is 0 Å². The highest BCUT2D eigenvalue weighted by atomic mass is 16.1. The van der Waals surface area contributed by atoms with Gasteiger partial charge in [0.05, 0.1) is 0 Å². The first-order valence-corrected chi connectivity index (χ1v) is 4.72. The van der Waals surface area contributed by atoms with Gasteiger partial charge in [0.25, 0.3) is 0 Å². The van der Waals surface area contributed by atoms with Crippen molar-refractivity contribution in [2.45, 2.75) is 13.3 Å². The highest BCUT2D eigenvalue weighted by Crippen LogP contribution is 1.98. The summed E-state index contributed by atoms with van der Waals surface area (Å²) in [6.07, 6.45) is 3.56. The smallest absolute Gasteiger partial charge is 0.147 e. The zero-order valence-corrected chi connectivity index (χ0v) is 8.36. The molecule has 0 aliphatic carbocycles. The Morgan fingerprint density at radius 3 is 2.71 bits per heavy atom. The molecule has 1 N–H and O–H groups in total. The van der Waals surface area contributed by atoms with E-state index in [-0.39, 0.29) is 0 Å². The van der Waals surface area contributed by atoms with Gasteiger partial charge in [0, 0.05) is 18.3 Å². The predicted octanol–water partition coefficient (Wildman–Crippen LogP) is 1.92. The summed E-state index contributed by atoms with van der Waals surface area (Å²) in [5, 5.41) is 3.09. The normalized spacial score (nSPS) is 11.1. The van der Waals surface area contributed by atoms with E-state index >= 15 is 0 Å². The van der Waals surface area contributed by atoms with Crippen LogP contribution in [0.3, 0.4) is 0 Å². The minimum Gasteiger partial charge on any atom is -0.390 e. The topological polar surface area (TPSA) is 29.1 Å². The van der Waals surface area contributed by atoms with E-state index in [9.17, 15) is 4.79 Å². The Morgan fingerprint density at radius 2 is 2.07 bits per heavy atom. The quantitative estimate of drug-likeness (QED) is 0.435. The van der Waals surface area contributed by atoms with Gasteiger partial charge in [-0.2, -0.15) is 0 Å². The van der Waals surface area contributed by atoms with Gasteiger partial charge in [-0.05, 0) is 18.9 Å². The van der Waals surface area contributed by atoms with E-state index in [2.05, 4.69) is 17.4 Å².